The van der Waals surface area contributed by atoms with E-state index in [2.05, 4.69) is 20.8 Å². The SMILES string of the molecule is Cc1ccc(Oc2cc(C(C)(C)C)ccc2Oc2ccc(N3C(=O)c4ccc(S(=O)(=O)c5ccc6c(c5)C(=O)N(C)C6=O)cc4C3=O)cc2)cc1. The third-order valence-corrected chi connectivity index (χ3v) is 10.7. The highest BCUT2D eigenvalue weighted by molar-refractivity contribution is 7.91. The van der Waals surface area contributed by atoms with E-state index in [9.17, 15) is 27.6 Å². The molecule has 4 amide bonds. The fourth-order valence-corrected chi connectivity index (χ4v) is 7.24. The molecule has 0 aliphatic carbocycles. The van der Waals surface area contributed by atoms with E-state index in [4.69, 9.17) is 9.47 Å². The maximum absolute atomic E-state index is 13.6. The smallest absolute Gasteiger partial charge is 0.266 e. The number of carbonyl (C=O) groups excluding carboxylic acids is 4. The van der Waals surface area contributed by atoms with Gasteiger partial charge in [0.25, 0.3) is 23.6 Å². The third kappa shape index (κ3) is 5.85. The maximum Gasteiger partial charge on any atom is 0.266 e. The lowest BCUT2D eigenvalue weighted by Crippen LogP contribution is -2.29. The highest BCUT2D eigenvalue weighted by atomic mass is 32.2. The molecule has 0 fully saturated rings. The molecule has 51 heavy (non-hydrogen) atoms. The molecule has 2 aliphatic rings. The van der Waals surface area contributed by atoms with Crippen LogP contribution in [0.2, 0.25) is 0 Å². The van der Waals surface area contributed by atoms with Gasteiger partial charge in [-0.3, -0.25) is 24.1 Å². The topological polar surface area (TPSA) is 127 Å². The van der Waals surface area contributed by atoms with Gasteiger partial charge in [-0.25, -0.2) is 13.3 Å². The molecule has 5 aromatic rings. The quantitative estimate of drug-likeness (QED) is 0.158. The zero-order valence-corrected chi connectivity index (χ0v) is 29.2. The van der Waals surface area contributed by atoms with Crippen LogP contribution >= 0.6 is 0 Å². The Morgan fingerprint density at radius 2 is 1.04 bits per heavy atom. The van der Waals surface area contributed by atoms with E-state index < -0.39 is 33.5 Å². The number of aryl methyl sites for hydroxylation is 1. The second-order valence-corrected chi connectivity index (χ2v) is 15.4. The molecule has 2 aliphatic heterocycles. The van der Waals surface area contributed by atoms with Crippen molar-refractivity contribution in [2.75, 3.05) is 11.9 Å². The molecule has 0 atom stereocenters. The minimum atomic E-state index is -4.23. The molecule has 0 bridgehead atoms. The minimum Gasteiger partial charge on any atom is -0.453 e. The van der Waals surface area contributed by atoms with Gasteiger partial charge in [-0.05, 0) is 103 Å². The van der Waals surface area contributed by atoms with E-state index in [1.54, 1.807) is 24.3 Å². The van der Waals surface area contributed by atoms with Crippen LogP contribution in [-0.2, 0) is 15.3 Å². The van der Waals surface area contributed by atoms with E-state index in [0.717, 1.165) is 33.1 Å². The first-order valence-corrected chi connectivity index (χ1v) is 17.5. The molecule has 11 heteroatoms. The molecule has 0 aromatic heterocycles. The van der Waals surface area contributed by atoms with E-state index in [1.165, 1.54) is 31.3 Å². The highest BCUT2D eigenvalue weighted by Crippen LogP contribution is 2.40. The zero-order chi connectivity index (χ0) is 36.4. The lowest BCUT2D eigenvalue weighted by molar-refractivity contribution is 0.0692. The molecule has 10 nitrogen and oxygen atoms in total. The fraction of sp³-hybridized carbons (Fsp3) is 0.150. The summed E-state index contributed by atoms with van der Waals surface area (Å²) in [6.07, 6.45) is 0. The predicted molar refractivity (Wildman–Crippen MR) is 189 cm³/mol. The molecule has 0 unspecified atom stereocenters. The van der Waals surface area contributed by atoms with Crippen LogP contribution in [0.4, 0.5) is 5.69 Å². The van der Waals surface area contributed by atoms with Crippen LogP contribution in [0, 0.1) is 6.92 Å². The number of fused-ring (bicyclic) bond motifs is 2. The Morgan fingerprint density at radius 3 is 1.63 bits per heavy atom. The van der Waals surface area contributed by atoms with Crippen LogP contribution in [0.15, 0.2) is 113 Å². The van der Waals surface area contributed by atoms with Crippen molar-refractivity contribution in [3.05, 3.63) is 137 Å². The first-order valence-electron chi connectivity index (χ1n) is 16.0. The molecule has 0 saturated heterocycles. The first kappa shape index (κ1) is 33.4. The molecular weight excluding hydrogens is 669 g/mol. The van der Waals surface area contributed by atoms with Gasteiger partial charge in [0.05, 0.1) is 37.7 Å². The van der Waals surface area contributed by atoms with Crippen molar-refractivity contribution in [3.63, 3.8) is 0 Å². The Bertz CT molecular complexity index is 2410. The van der Waals surface area contributed by atoms with Gasteiger partial charge in [-0.2, -0.15) is 0 Å². The number of ether oxygens (including phenoxy) is 2. The monoisotopic (exact) mass is 700 g/mol. The summed E-state index contributed by atoms with van der Waals surface area (Å²) >= 11 is 0. The molecule has 5 aromatic carbocycles. The fourth-order valence-electron chi connectivity index (χ4n) is 5.93. The molecule has 0 radical (unpaired) electrons. The van der Waals surface area contributed by atoms with Gasteiger partial charge >= 0.3 is 0 Å². The van der Waals surface area contributed by atoms with Crippen LogP contribution in [0.5, 0.6) is 23.0 Å². The van der Waals surface area contributed by atoms with Gasteiger partial charge in [-0.15, -0.1) is 0 Å². The van der Waals surface area contributed by atoms with Gasteiger partial charge in [0.15, 0.2) is 11.5 Å². The van der Waals surface area contributed by atoms with Crippen molar-refractivity contribution in [3.8, 4) is 23.0 Å². The maximum atomic E-state index is 13.6. The highest BCUT2D eigenvalue weighted by Gasteiger charge is 2.39. The molecule has 256 valence electrons. The molecule has 2 heterocycles. The van der Waals surface area contributed by atoms with E-state index >= 15 is 0 Å². The largest absolute Gasteiger partial charge is 0.453 e. The Balaban J connectivity index is 1.13. The van der Waals surface area contributed by atoms with E-state index in [-0.39, 0.29) is 43.1 Å². The average Bonchev–Trinajstić information content (AvgIpc) is 3.48. The van der Waals surface area contributed by atoms with Gasteiger partial charge < -0.3 is 9.47 Å². The first-order chi connectivity index (χ1) is 24.1. The standard InChI is InChI=1S/C40H32N2O8S/c1-23-6-11-26(12-7-23)50-35-20-24(40(2,3)4)8-19-34(35)49-27-13-9-25(10-14-27)42-38(45)31-18-16-29(22-33(31)39(42)46)51(47,48)28-15-17-30-32(21-28)37(44)41(5)36(30)43/h6-22H,1-5H3. The van der Waals surface area contributed by atoms with Gasteiger partial charge in [0.2, 0.25) is 9.84 Å². The second-order valence-electron chi connectivity index (χ2n) is 13.5. The van der Waals surface area contributed by atoms with Crippen molar-refractivity contribution in [2.24, 2.45) is 0 Å². The lowest BCUT2D eigenvalue weighted by atomic mass is 9.87. The summed E-state index contributed by atoms with van der Waals surface area (Å²) in [5.41, 5.74) is 2.35. The average molecular weight is 701 g/mol. The summed E-state index contributed by atoms with van der Waals surface area (Å²) in [6, 6.07) is 27.2. The molecular formula is C40H32N2O8S. The molecule has 0 N–H and O–H groups in total. The van der Waals surface area contributed by atoms with Crippen molar-refractivity contribution < 1.29 is 37.1 Å². The Kier molecular flexibility index (Phi) is 7.91. The number of sulfone groups is 1. The summed E-state index contributed by atoms with van der Waals surface area (Å²) in [5, 5.41) is 0. The summed E-state index contributed by atoms with van der Waals surface area (Å²) in [5.74, 6) is -0.351. The predicted octanol–water partition coefficient (Wildman–Crippen LogP) is 7.74. The summed E-state index contributed by atoms with van der Waals surface area (Å²) in [6.45, 7) is 8.32. The number of benzene rings is 5. The summed E-state index contributed by atoms with van der Waals surface area (Å²) < 4.78 is 39.7. The second kappa shape index (κ2) is 12.1. The number of amides is 4. The van der Waals surface area contributed by atoms with E-state index in [0.29, 0.717) is 23.0 Å². The molecule has 0 spiro atoms. The Labute approximate surface area is 294 Å². The number of carbonyl (C=O) groups is 4. The third-order valence-electron chi connectivity index (χ3n) is 8.92. The van der Waals surface area contributed by atoms with Crippen molar-refractivity contribution in [2.45, 2.75) is 42.9 Å². The Morgan fingerprint density at radius 1 is 0.549 bits per heavy atom. The number of imide groups is 2. The van der Waals surface area contributed by atoms with Crippen molar-refractivity contribution in [1.82, 2.24) is 4.90 Å². The minimum absolute atomic E-state index is 0.0217. The summed E-state index contributed by atoms with van der Waals surface area (Å²) in [4.78, 5) is 53.2. The van der Waals surface area contributed by atoms with E-state index in [1.807, 2.05) is 49.4 Å². The van der Waals surface area contributed by atoms with Crippen LogP contribution in [-0.4, -0.2) is 44.0 Å². The number of hydrogen-bond acceptors (Lipinski definition) is 8. The Hall–Kier alpha value is -6.07. The number of hydrogen-bond donors (Lipinski definition) is 0. The lowest BCUT2D eigenvalue weighted by Gasteiger charge is -2.21. The zero-order valence-electron chi connectivity index (χ0n) is 28.4. The number of nitrogens with zero attached hydrogens (tertiary/aromatic N) is 2. The van der Waals surface area contributed by atoms with Crippen LogP contribution in [0.25, 0.3) is 0 Å². The normalized spacial score (nSPS) is 14.2. The van der Waals surface area contributed by atoms with Crippen LogP contribution < -0.4 is 14.4 Å². The number of rotatable bonds is 7. The van der Waals surface area contributed by atoms with Gasteiger partial charge in [-0.1, -0.05) is 44.5 Å². The van der Waals surface area contributed by atoms with Crippen molar-refractivity contribution in [1.29, 1.82) is 0 Å². The van der Waals surface area contributed by atoms with Crippen LogP contribution in [0.3, 0.4) is 0 Å². The van der Waals surface area contributed by atoms with Crippen LogP contribution in [0.1, 0.15) is 73.3 Å². The molecule has 0 saturated carbocycles. The molecule has 7 rings (SSSR count). The van der Waals surface area contributed by atoms with Gasteiger partial charge in [0.1, 0.15) is 11.5 Å². The number of anilines is 1. The van der Waals surface area contributed by atoms with Gasteiger partial charge in [0, 0.05) is 7.05 Å². The summed E-state index contributed by atoms with van der Waals surface area (Å²) in [7, 11) is -2.91. The van der Waals surface area contributed by atoms with Crippen molar-refractivity contribution >= 4 is 39.2 Å².